The molecule has 20 heavy (non-hydrogen) atoms. The van der Waals surface area contributed by atoms with Crippen LogP contribution in [0.3, 0.4) is 0 Å². The predicted octanol–water partition coefficient (Wildman–Crippen LogP) is 4.38. The molecule has 1 N–H and O–H groups in total. The molecule has 106 valence electrons. The molecule has 3 heteroatoms. The van der Waals surface area contributed by atoms with Crippen molar-refractivity contribution in [2.45, 2.75) is 19.9 Å². The molecule has 1 unspecified atom stereocenters. The quantitative estimate of drug-likeness (QED) is 0.896. The van der Waals surface area contributed by atoms with Gasteiger partial charge in [0.05, 0.1) is 13.2 Å². The molecule has 1 atom stereocenters. The van der Waals surface area contributed by atoms with E-state index in [0.717, 1.165) is 10.2 Å². The lowest BCUT2D eigenvalue weighted by molar-refractivity contribution is 0.414. The highest BCUT2D eigenvalue weighted by Crippen LogP contribution is 2.32. The molecule has 0 radical (unpaired) electrons. The standard InChI is InChI=1S/C17H20BrNO/c1-11-5-7-15(16(18)9-11)17(19-3)14-8-6-13(20-4)10-12(14)2/h5-10,17,19H,1-4H3. The minimum absolute atomic E-state index is 0.163. The van der Waals surface area contributed by atoms with E-state index in [0.29, 0.717) is 0 Å². The number of hydrogen-bond donors (Lipinski definition) is 1. The highest BCUT2D eigenvalue weighted by Gasteiger charge is 2.17. The fourth-order valence-corrected chi connectivity index (χ4v) is 3.17. The average Bonchev–Trinajstić information content (AvgIpc) is 2.43. The van der Waals surface area contributed by atoms with Gasteiger partial charge in [-0.2, -0.15) is 0 Å². The summed E-state index contributed by atoms with van der Waals surface area (Å²) in [5.74, 6) is 0.893. The van der Waals surface area contributed by atoms with E-state index < -0.39 is 0 Å². The van der Waals surface area contributed by atoms with Crippen LogP contribution in [0, 0.1) is 13.8 Å². The van der Waals surface area contributed by atoms with Gasteiger partial charge in [0.15, 0.2) is 0 Å². The largest absolute Gasteiger partial charge is 0.497 e. The maximum absolute atomic E-state index is 5.28. The molecule has 0 aliphatic heterocycles. The topological polar surface area (TPSA) is 21.3 Å². The number of hydrogen-bond acceptors (Lipinski definition) is 2. The van der Waals surface area contributed by atoms with Crippen molar-refractivity contribution in [1.29, 1.82) is 0 Å². The Morgan fingerprint density at radius 3 is 2.30 bits per heavy atom. The third-order valence-electron chi connectivity index (χ3n) is 3.54. The lowest BCUT2D eigenvalue weighted by atomic mass is 9.94. The van der Waals surface area contributed by atoms with Crippen LogP contribution in [0.15, 0.2) is 40.9 Å². The summed E-state index contributed by atoms with van der Waals surface area (Å²) < 4.78 is 6.41. The SMILES string of the molecule is CNC(c1ccc(OC)cc1C)c1ccc(C)cc1Br. The number of aryl methyl sites for hydroxylation is 2. The number of nitrogens with one attached hydrogen (secondary N) is 1. The summed E-state index contributed by atoms with van der Waals surface area (Å²) in [6.45, 7) is 4.21. The Balaban J connectivity index is 2.47. The Morgan fingerprint density at radius 2 is 1.75 bits per heavy atom. The highest BCUT2D eigenvalue weighted by molar-refractivity contribution is 9.10. The summed E-state index contributed by atoms with van der Waals surface area (Å²) >= 11 is 3.67. The predicted molar refractivity (Wildman–Crippen MR) is 87.5 cm³/mol. The molecular weight excluding hydrogens is 314 g/mol. The summed E-state index contributed by atoms with van der Waals surface area (Å²) in [5, 5.41) is 3.40. The third-order valence-corrected chi connectivity index (χ3v) is 4.23. The fraction of sp³-hybridized carbons (Fsp3) is 0.294. The Kier molecular flexibility index (Phi) is 4.84. The van der Waals surface area contributed by atoms with Gasteiger partial charge >= 0.3 is 0 Å². The van der Waals surface area contributed by atoms with Gasteiger partial charge in [-0.25, -0.2) is 0 Å². The van der Waals surface area contributed by atoms with E-state index in [1.54, 1.807) is 7.11 Å². The van der Waals surface area contributed by atoms with Gasteiger partial charge in [0.25, 0.3) is 0 Å². The summed E-state index contributed by atoms with van der Waals surface area (Å²) in [7, 11) is 3.68. The van der Waals surface area contributed by atoms with Crippen LogP contribution in [-0.4, -0.2) is 14.2 Å². The van der Waals surface area contributed by atoms with E-state index >= 15 is 0 Å². The van der Waals surface area contributed by atoms with E-state index in [1.807, 2.05) is 13.1 Å². The molecule has 0 saturated heterocycles. The van der Waals surface area contributed by atoms with Gasteiger partial charge in [-0.3, -0.25) is 0 Å². The van der Waals surface area contributed by atoms with Crippen molar-refractivity contribution < 1.29 is 4.74 Å². The molecule has 2 aromatic rings. The maximum atomic E-state index is 5.28. The Morgan fingerprint density at radius 1 is 1.05 bits per heavy atom. The molecule has 0 spiro atoms. The normalized spacial score (nSPS) is 12.2. The third kappa shape index (κ3) is 3.05. The second-order valence-electron chi connectivity index (χ2n) is 4.97. The molecule has 0 bridgehead atoms. The molecule has 2 aromatic carbocycles. The van der Waals surface area contributed by atoms with Crippen LogP contribution in [0.4, 0.5) is 0 Å². The first kappa shape index (κ1) is 15.1. The van der Waals surface area contributed by atoms with Crippen molar-refractivity contribution in [1.82, 2.24) is 5.32 Å². The lowest BCUT2D eigenvalue weighted by Gasteiger charge is -2.21. The van der Waals surface area contributed by atoms with Crippen molar-refractivity contribution in [3.63, 3.8) is 0 Å². The van der Waals surface area contributed by atoms with Crippen LogP contribution >= 0.6 is 15.9 Å². The number of halogens is 1. The molecule has 2 rings (SSSR count). The molecule has 0 aliphatic rings. The molecule has 0 amide bonds. The monoisotopic (exact) mass is 333 g/mol. The van der Waals surface area contributed by atoms with Gasteiger partial charge in [0.1, 0.15) is 5.75 Å². The van der Waals surface area contributed by atoms with E-state index in [1.165, 1.54) is 22.3 Å². The number of benzene rings is 2. The van der Waals surface area contributed by atoms with Crippen molar-refractivity contribution in [2.24, 2.45) is 0 Å². The Bertz CT molecular complexity index is 610. The van der Waals surface area contributed by atoms with Gasteiger partial charge in [0.2, 0.25) is 0 Å². The number of ether oxygens (including phenoxy) is 1. The highest BCUT2D eigenvalue weighted by atomic mass is 79.9. The minimum atomic E-state index is 0.163. The second kappa shape index (κ2) is 6.42. The molecule has 0 fully saturated rings. The minimum Gasteiger partial charge on any atom is -0.497 e. The van der Waals surface area contributed by atoms with Crippen LogP contribution in [0.2, 0.25) is 0 Å². The number of rotatable bonds is 4. The van der Waals surface area contributed by atoms with Crippen LogP contribution in [0.1, 0.15) is 28.3 Å². The number of methoxy groups -OCH3 is 1. The molecule has 0 aromatic heterocycles. The molecule has 0 heterocycles. The average molecular weight is 334 g/mol. The van der Waals surface area contributed by atoms with E-state index in [4.69, 9.17) is 4.74 Å². The summed E-state index contributed by atoms with van der Waals surface area (Å²) in [6, 6.07) is 12.8. The molecule has 0 saturated carbocycles. The van der Waals surface area contributed by atoms with Crippen molar-refractivity contribution in [2.75, 3.05) is 14.2 Å². The summed E-state index contributed by atoms with van der Waals surface area (Å²) in [4.78, 5) is 0. The van der Waals surface area contributed by atoms with E-state index in [2.05, 4.69) is 65.4 Å². The smallest absolute Gasteiger partial charge is 0.119 e. The van der Waals surface area contributed by atoms with Crippen LogP contribution in [0.25, 0.3) is 0 Å². The van der Waals surface area contributed by atoms with Crippen molar-refractivity contribution in [3.8, 4) is 5.75 Å². The second-order valence-corrected chi connectivity index (χ2v) is 5.82. The van der Waals surface area contributed by atoms with E-state index in [-0.39, 0.29) is 6.04 Å². The Hall–Kier alpha value is -1.32. The van der Waals surface area contributed by atoms with E-state index in [9.17, 15) is 0 Å². The molecular formula is C17H20BrNO. The summed E-state index contributed by atoms with van der Waals surface area (Å²) in [5.41, 5.74) is 4.97. The van der Waals surface area contributed by atoms with Crippen LogP contribution in [-0.2, 0) is 0 Å². The maximum Gasteiger partial charge on any atom is 0.119 e. The zero-order valence-corrected chi connectivity index (χ0v) is 13.9. The van der Waals surface area contributed by atoms with Gasteiger partial charge in [-0.1, -0.05) is 34.1 Å². The van der Waals surface area contributed by atoms with Gasteiger partial charge < -0.3 is 10.1 Å². The van der Waals surface area contributed by atoms with Crippen molar-refractivity contribution in [3.05, 3.63) is 63.1 Å². The molecule has 2 nitrogen and oxygen atoms in total. The first-order chi connectivity index (χ1) is 9.56. The first-order valence-corrected chi connectivity index (χ1v) is 7.44. The lowest BCUT2D eigenvalue weighted by Crippen LogP contribution is -2.19. The van der Waals surface area contributed by atoms with Gasteiger partial charge in [-0.15, -0.1) is 0 Å². The van der Waals surface area contributed by atoms with Gasteiger partial charge in [0, 0.05) is 4.47 Å². The zero-order valence-electron chi connectivity index (χ0n) is 12.3. The van der Waals surface area contributed by atoms with Crippen LogP contribution < -0.4 is 10.1 Å². The first-order valence-electron chi connectivity index (χ1n) is 6.64. The summed E-state index contributed by atoms with van der Waals surface area (Å²) in [6.07, 6.45) is 0. The van der Waals surface area contributed by atoms with Crippen LogP contribution in [0.5, 0.6) is 5.75 Å². The fourth-order valence-electron chi connectivity index (χ4n) is 2.44. The molecule has 0 aliphatic carbocycles. The Labute approximate surface area is 129 Å². The van der Waals surface area contributed by atoms with Crippen molar-refractivity contribution >= 4 is 15.9 Å². The zero-order chi connectivity index (χ0) is 14.7. The van der Waals surface area contributed by atoms with Gasteiger partial charge in [-0.05, 0) is 61.3 Å².